The van der Waals surface area contributed by atoms with E-state index < -0.39 is 5.60 Å². The van der Waals surface area contributed by atoms with Crippen molar-refractivity contribution in [3.05, 3.63) is 71.6 Å². The Morgan fingerprint density at radius 3 is 2.57 bits per heavy atom. The normalized spacial score (nSPS) is 13.9. The van der Waals surface area contributed by atoms with E-state index in [2.05, 4.69) is 5.32 Å². The summed E-state index contributed by atoms with van der Waals surface area (Å²) in [7, 11) is 1.64. The monoisotopic (exact) mass is 315 g/mol. The van der Waals surface area contributed by atoms with Crippen LogP contribution in [-0.2, 0) is 5.60 Å². The minimum Gasteiger partial charge on any atom is -0.496 e. The Balaban J connectivity index is 1.87. The molecule has 0 spiro atoms. The first-order valence-corrected chi connectivity index (χ1v) is 7.51. The summed E-state index contributed by atoms with van der Waals surface area (Å²) in [5.74, 6) is 0.513. The summed E-state index contributed by atoms with van der Waals surface area (Å²) >= 11 is 0. The number of para-hydroxylation sites is 1. The van der Waals surface area contributed by atoms with Crippen LogP contribution in [0, 0.1) is 5.82 Å². The number of ether oxygens (including phenoxy) is 1. The maximum Gasteiger partial charge on any atom is 0.126 e. The SMILES string of the molecule is COc1ccccc1/C=C/CNCC(C)(O)c1ccc(F)cc1. The fourth-order valence-corrected chi connectivity index (χ4v) is 2.30. The highest BCUT2D eigenvalue weighted by Gasteiger charge is 2.22. The molecule has 2 aromatic carbocycles. The molecule has 1 unspecified atom stereocenters. The Bertz CT molecular complexity index is 651. The zero-order valence-corrected chi connectivity index (χ0v) is 13.4. The maximum absolute atomic E-state index is 12.9. The van der Waals surface area contributed by atoms with Gasteiger partial charge in [0, 0.05) is 18.7 Å². The zero-order valence-electron chi connectivity index (χ0n) is 13.4. The smallest absolute Gasteiger partial charge is 0.126 e. The van der Waals surface area contributed by atoms with Gasteiger partial charge >= 0.3 is 0 Å². The van der Waals surface area contributed by atoms with E-state index >= 15 is 0 Å². The average molecular weight is 315 g/mol. The Morgan fingerprint density at radius 2 is 1.87 bits per heavy atom. The van der Waals surface area contributed by atoms with Crippen LogP contribution < -0.4 is 10.1 Å². The lowest BCUT2D eigenvalue weighted by atomic mass is 9.96. The summed E-state index contributed by atoms with van der Waals surface area (Å²) in [6.45, 7) is 2.68. The minimum absolute atomic E-state index is 0.308. The maximum atomic E-state index is 12.9. The molecule has 0 aliphatic heterocycles. The summed E-state index contributed by atoms with van der Waals surface area (Å²) in [4.78, 5) is 0. The molecule has 0 aliphatic carbocycles. The van der Waals surface area contributed by atoms with Crippen LogP contribution in [0.2, 0.25) is 0 Å². The Kier molecular flexibility index (Phi) is 5.90. The number of hydrogen-bond donors (Lipinski definition) is 2. The van der Waals surface area contributed by atoms with Gasteiger partial charge in [-0.3, -0.25) is 0 Å². The number of rotatable bonds is 7. The summed E-state index contributed by atoms with van der Waals surface area (Å²) in [6.07, 6.45) is 3.94. The first kappa shape index (κ1) is 17.2. The summed E-state index contributed by atoms with van der Waals surface area (Å²) < 4.78 is 18.2. The average Bonchev–Trinajstić information content (AvgIpc) is 2.55. The van der Waals surface area contributed by atoms with E-state index in [1.807, 2.05) is 36.4 Å². The third-order valence-corrected chi connectivity index (χ3v) is 3.63. The van der Waals surface area contributed by atoms with Crippen LogP contribution in [-0.4, -0.2) is 25.3 Å². The Hall–Kier alpha value is -2.17. The van der Waals surface area contributed by atoms with Gasteiger partial charge in [-0.2, -0.15) is 0 Å². The number of halogens is 1. The number of methoxy groups -OCH3 is 1. The molecule has 2 N–H and O–H groups in total. The van der Waals surface area contributed by atoms with Crippen molar-refractivity contribution in [2.45, 2.75) is 12.5 Å². The zero-order chi connectivity index (χ0) is 16.7. The molecule has 2 rings (SSSR count). The van der Waals surface area contributed by atoms with Gasteiger partial charge in [-0.05, 0) is 30.7 Å². The molecule has 0 heterocycles. The third-order valence-electron chi connectivity index (χ3n) is 3.63. The topological polar surface area (TPSA) is 41.5 Å². The number of nitrogens with one attached hydrogen (secondary N) is 1. The number of aliphatic hydroxyl groups is 1. The van der Waals surface area contributed by atoms with E-state index in [0.717, 1.165) is 11.3 Å². The largest absolute Gasteiger partial charge is 0.496 e. The minimum atomic E-state index is -1.05. The Labute approximate surface area is 136 Å². The summed E-state index contributed by atoms with van der Waals surface area (Å²) in [5.41, 5.74) is 0.633. The summed E-state index contributed by atoms with van der Waals surface area (Å²) in [5, 5.41) is 13.6. The predicted octanol–water partition coefficient (Wildman–Crippen LogP) is 3.34. The molecule has 0 saturated heterocycles. The van der Waals surface area contributed by atoms with E-state index in [4.69, 9.17) is 4.74 Å². The lowest BCUT2D eigenvalue weighted by molar-refractivity contribution is 0.0580. The van der Waals surface area contributed by atoms with Crippen LogP contribution in [0.3, 0.4) is 0 Å². The molecule has 0 bridgehead atoms. The second-order valence-corrected chi connectivity index (χ2v) is 5.56. The van der Waals surface area contributed by atoms with Gasteiger partial charge in [0.25, 0.3) is 0 Å². The molecule has 23 heavy (non-hydrogen) atoms. The molecule has 0 fully saturated rings. The van der Waals surface area contributed by atoms with Gasteiger partial charge in [0.15, 0.2) is 0 Å². The van der Waals surface area contributed by atoms with Crippen molar-refractivity contribution in [2.24, 2.45) is 0 Å². The second-order valence-electron chi connectivity index (χ2n) is 5.56. The van der Waals surface area contributed by atoms with Crippen molar-refractivity contribution < 1.29 is 14.2 Å². The van der Waals surface area contributed by atoms with Gasteiger partial charge < -0.3 is 15.2 Å². The molecule has 0 radical (unpaired) electrons. The molecule has 0 amide bonds. The van der Waals surface area contributed by atoms with Gasteiger partial charge in [0.1, 0.15) is 11.6 Å². The lowest BCUT2D eigenvalue weighted by Gasteiger charge is -2.24. The molecule has 4 heteroatoms. The van der Waals surface area contributed by atoms with Gasteiger partial charge in [-0.15, -0.1) is 0 Å². The van der Waals surface area contributed by atoms with Crippen molar-refractivity contribution in [2.75, 3.05) is 20.2 Å². The van der Waals surface area contributed by atoms with Crippen LogP contribution in [0.1, 0.15) is 18.1 Å². The molecule has 1 atom stereocenters. The van der Waals surface area contributed by atoms with Crippen LogP contribution in [0.15, 0.2) is 54.6 Å². The number of hydrogen-bond acceptors (Lipinski definition) is 3. The van der Waals surface area contributed by atoms with E-state index in [-0.39, 0.29) is 5.82 Å². The molecule has 0 saturated carbocycles. The van der Waals surface area contributed by atoms with Crippen molar-refractivity contribution in [3.8, 4) is 5.75 Å². The van der Waals surface area contributed by atoms with Gasteiger partial charge in [0.05, 0.1) is 12.7 Å². The predicted molar refractivity (Wildman–Crippen MR) is 90.9 cm³/mol. The molecule has 3 nitrogen and oxygen atoms in total. The van der Waals surface area contributed by atoms with Gasteiger partial charge in [-0.25, -0.2) is 4.39 Å². The van der Waals surface area contributed by atoms with Crippen LogP contribution in [0.25, 0.3) is 6.08 Å². The van der Waals surface area contributed by atoms with E-state index in [0.29, 0.717) is 18.7 Å². The fourth-order valence-electron chi connectivity index (χ4n) is 2.30. The summed E-state index contributed by atoms with van der Waals surface area (Å²) in [6, 6.07) is 13.7. The van der Waals surface area contributed by atoms with E-state index in [1.54, 1.807) is 26.2 Å². The molecule has 2 aromatic rings. The lowest BCUT2D eigenvalue weighted by Crippen LogP contribution is -2.35. The van der Waals surface area contributed by atoms with Gasteiger partial charge in [-0.1, -0.05) is 42.5 Å². The fraction of sp³-hybridized carbons (Fsp3) is 0.263. The second kappa shape index (κ2) is 7.90. The molecule has 0 aromatic heterocycles. The Morgan fingerprint density at radius 1 is 1.17 bits per heavy atom. The van der Waals surface area contributed by atoms with Gasteiger partial charge in [0.2, 0.25) is 0 Å². The van der Waals surface area contributed by atoms with Crippen LogP contribution in [0.5, 0.6) is 5.75 Å². The quantitative estimate of drug-likeness (QED) is 0.770. The van der Waals surface area contributed by atoms with E-state index in [1.165, 1.54) is 12.1 Å². The number of benzene rings is 2. The standard InChI is InChI=1S/C19H22FNO2/c1-19(22,16-9-11-17(20)12-10-16)14-21-13-5-7-15-6-3-4-8-18(15)23-2/h3-12,21-22H,13-14H2,1-2H3/b7-5+. The highest BCUT2D eigenvalue weighted by Crippen LogP contribution is 2.20. The third kappa shape index (κ3) is 4.91. The molecule has 122 valence electrons. The van der Waals surface area contributed by atoms with Crippen molar-refractivity contribution in [3.63, 3.8) is 0 Å². The van der Waals surface area contributed by atoms with E-state index in [9.17, 15) is 9.50 Å². The first-order chi connectivity index (χ1) is 11.0. The molecular formula is C19H22FNO2. The highest BCUT2D eigenvalue weighted by molar-refractivity contribution is 5.57. The van der Waals surface area contributed by atoms with Crippen LogP contribution >= 0.6 is 0 Å². The molecule has 0 aliphatic rings. The van der Waals surface area contributed by atoms with Crippen molar-refractivity contribution in [1.29, 1.82) is 0 Å². The molecular weight excluding hydrogens is 293 g/mol. The highest BCUT2D eigenvalue weighted by atomic mass is 19.1. The first-order valence-electron chi connectivity index (χ1n) is 7.51. The van der Waals surface area contributed by atoms with Crippen molar-refractivity contribution >= 4 is 6.08 Å². The van der Waals surface area contributed by atoms with Crippen molar-refractivity contribution in [1.82, 2.24) is 5.32 Å². The van der Waals surface area contributed by atoms with Crippen LogP contribution in [0.4, 0.5) is 4.39 Å².